The van der Waals surface area contributed by atoms with Crippen molar-refractivity contribution in [2.75, 3.05) is 26.8 Å². The molecule has 146 valence electrons. The van der Waals surface area contributed by atoms with Crippen LogP contribution in [0.1, 0.15) is 29.7 Å². The van der Waals surface area contributed by atoms with Gasteiger partial charge in [0, 0.05) is 38.4 Å². The molecule has 0 spiro atoms. The van der Waals surface area contributed by atoms with E-state index in [1.54, 1.807) is 7.05 Å². The van der Waals surface area contributed by atoms with Crippen LogP contribution < -0.4 is 10.6 Å². The molecule has 0 radical (unpaired) electrons. The van der Waals surface area contributed by atoms with Crippen molar-refractivity contribution >= 4 is 29.9 Å². The molecule has 1 aromatic heterocycles. The number of aryl methyl sites for hydroxylation is 1. The minimum Gasteiger partial charge on any atom is -0.381 e. The van der Waals surface area contributed by atoms with Gasteiger partial charge < -0.3 is 15.4 Å². The Hall–Kier alpha value is -1.67. The van der Waals surface area contributed by atoms with Crippen LogP contribution in [0, 0.1) is 6.92 Å². The topological polar surface area (TPSA) is 58.5 Å². The molecule has 0 aliphatic carbocycles. The largest absolute Gasteiger partial charge is 0.381 e. The average Bonchev–Trinajstić information content (AvgIpc) is 2.70. The zero-order chi connectivity index (χ0) is 18.2. The molecule has 3 rings (SSSR count). The Morgan fingerprint density at radius 2 is 1.85 bits per heavy atom. The van der Waals surface area contributed by atoms with E-state index in [0.717, 1.165) is 44.3 Å². The predicted molar refractivity (Wildman–Crippen MR) is 121 cm³/mol. The maximum Gasteiger partial charge on any atom is 0.191 e. The van der Waals surface area contributed by atoms with Crippen molar-refractivity contribution in [1.82, 2.24) is 15.6 Å². The Kier molecular flexibility index (Phi) is 8.50. The van der Waals surface area contributed by atoms with E-state index in [2.05, 4.69) is 51.8 Å². The van der Waals surface area contributed by atoms with Gasteiger partial charge in [-0.25, -0.2) is 0 Å². The van der Waals surface area contributed by atoms with E-state index in [-0.39, 0.29) is 29.4 Å². The zero-order valence-electron chi connectivity index (χ0n) is 16.1. The van der Waals surface area contributed by atoms with E-state index in [1.807, 2.05) is 24.4 Å². The van der Waals surface area contributed by atoms with Crippen molar-refractivity contribution in [2.45, 2.75) is 31.7 Å². The lowest BCUT2D eigenvalue weighted by Crippen LogP contribution is -2.48. The van der Waals surface area contributed by atoms with Crippen LogP contribution in [0.2, 0.25) is 0 Å². The minimum absolute atomic E-state index is 0. The van der Waals surface area contributed by atoms with Crippen LogP contribution in [0.15, 0.2) is 53.7 Å². The maximum absolute atomic E-state index is 5.64. The number of hydrogen-bond donors (Lipinski definition) is 2. The van der Waals surface area contributed by atoms with Gasteiger partial charge in [-0.05, 0) is 43.0 Å². The van der Waals surface area contributed by atoms with Crippen LogP contribution in [0.25, 0.3) is 0 Å². The molecule has 27 heavy (non-hydrogen) atoms. The number of guanidine groups is 1. The number of nitrogens with one attached hydrogen (secondary N) is 2. The van der Waals surface area contributed by atoms with Crippen molar-refractivity contribution in [1.29, 1.82) is 0 Å². The van der Waals surface area contributed by atoms with E-state index in [1.165, 1.54) is 11.1 Å². The number of ether oxygens (including phenoxy) is 1. The number of aliphatic imine (C=N–C) groups is 1. The molecule has 2 heterocycles. The number of aromatic nitrogens is 1. The molecule has 2 aromatic rings. The highest BCUT2D eigenvalue weighted by Crippen LogP contribution is 2.36. The number of pyridine rings is 1. The third kappa shape index (κ3) is 5.65. The summed E-state index contributed by atoms with van der Waals surface area (Å²) in [5, 5.41) is 6.89. The summed E-state index contributed by atoms with van der Waals surface area (Å²) >= 11 is 0. The van der Waals surface area contributed by atoms with Crippen molar-refractivity contribution in [2.24, 2.45) is 4.99 Å². The second kappa shape index (κ2) is 10.6. The van der Waals surface area contributed by atoms with Crippen LogP contribution in [0.3, 0.4) is 0 Å². The van der Waals surface area contributed by atoms with Gasteiger partial charge in [0.2, 0.25) is 0 Å². The molecule has 5 nitrogen and oxygen atoms in total. The van der Waals surface area contributed by atoms with Crippen LogP contribution in [0.4, 0.5) is 0 Å². The second-order valence-corrected chi connectivity index (χ2v) is 6.81. The van der Waals surface area contributed by atoms with Crippen molar-refractivity contribution in [3.05, 3.63) is 65.5 Å². The number of rotatable bonds is 5. The predicted octanol–water partition coefficient (Wildman–Crippen LogP) is 3.42. The first-order chi connectivity index (χ1) is 12.7. The molecule has 1 aliphatic rings. The van der Waals surface area contributed by atoms with Crippen molar-refractivity contribution in [3.8, 4) is 0 Å². The summed E-state index contributed by atoms with van der Waals surface area (Å²) in [4.78, 5) is 8.72. The van der Waals surface area contributed by atoms with Gasteiger partial charge in [0.1, 0.15) is 0 Å². The first-order valence-electron chi connectivity index (χ1n) is 9.22. The molecule has 2 N–H and O–H groups in total. The standard InChI is InChI=1S/C21H28N4O.HI/c1-17-7-3-4-9-19(17)21(10-13-26-14-11-21)16-25-20(22-2)24-15-18-8-5-6-12-23-18;/h3-9,12H,10-11,13-16H2,1-2H3,(H2,22,24,25);1H. The lowest BCUT2D eigenvalue weighted by atomic mass is 9.72. The average molecular weight is 480 g/mol. The van der Waals surface area contributed by atoms with Crippen LogP contribution >= 0.6 is 24.0 Å². The Balaban J connectivity index is 0.00000261. The van der Waals surface area contributed by atoms with E-state index in [9.17, 15) is 0 Å². The molecule has 0 unspecified atom stereocenters. The third-order valence-electron chi connectivity index (χ3n) is 5.15. The quantitative estimate of drug-likeness (QED) is 0.391. The Bertz CT molecular complexity index is 730. The Labute approximate surface area is 179 Å². The van der Waals surface area contributed by atoms with E-state index < -0.39 is 0 Å². The Morgan fingerprint density at radius 1 is 1.11 bits per heavy atom. The fourth-order valence-electron chi connectivity index (χ4n) is 3.62. The van der Waals surface area contributed by atoms with Crippen LogP contribution in [-0.4, -0.2) is 37.7 Å². The normalized spacial score (nSPS) is 16.3. The summed E-state index contributed by atoms with van der Waals surface area (Å²) < 4.78 is 5.64. The smallest absolute Gasteiger partial charge is 0.191 e. The molecule has 1 aliphatic heterocycles. The van der Waals surface area contributed by atoms with E-state index in [0.29, 0.717) is 6.54 Å². The molecule has 6 heteroatoms. The molecule has 1 aromatic carbocycles. The maximum atomic E-state index is 5.64. The molecule has 0 amide bonds. The van der Waals surface area contributed by atoms with Gasteiger partial charge in [-0.15, -0.1) is 24.0 Å². The van der Waals surface area contributed by atoms with Gasteiger partial charge in [0.15, 0.2) is 5.96 Å². The first kappa shape index (κ1) is 21.6. The van der Waals surface area contributed by atoms with Crippen LogP contribution in [-0.2, 0) is 16.7 Å². The molecule has 0 saturated carbocycles. The van der Waals surface area contributed by atoms with Crippen molar-refractivity contribution < 1.29 is 4.74 Å². The summed E-state index contributed by atoms with van der Waals surface area (Å²) in [5.74, 6) is 0.801. The lowest BCUT2D eigenvalue weighted by molar-refractivity contribution is 0.0512. The molecular formula is C21H29IN4O. The third-order valence-corrected chi connectivity index (χ3v) is 5.15. The van der Waals surface area contributed by atoms with Gasteiger partial charge in [-0.2, -0.15) is 0 Å². The number of nitrogens with zero attached hydrogens (tertiary/aromatic N) is 2. The Morgan fingerprint density at radius 3 is 2.52 bits per heavy atom. The van der Waals surface area contributed by atoms with Crippen molar-refractivity contribution in [3.63, 3.8) is 0 Å². The van der Waals surface area contributed by atoms with Gasteiger partial charge in [0.25, 0.3) is 0 Å². The summed E-state index contributed by atoms with van der Waals surface area (Å²) in [6, 6.07) is 14.6. The summed E-state index contributed by atoms with van der Waals surface area (Å²) in [5.41, 5.74) is 3.82. The van der Waals surface area contributed by atoms with Gasteiger partial charge in [-0.1, -0.05) is 30.3 Å². The highest BCUT2D eigenvalue weighted by molar-refractivity contribution is 14.0. The van der Waals surface area contributed by atoms with Gasteiger partial charge in [-0.3, -0.25) is 9.98 Å². The van der Waals surface area contributed by atoms with Gasteiger partial charge >= 0.3 is 0 Å². The fraction of sp³-hybridized carbons (Fsp3) is 0.429. The monoisotopic (exact) mass is 480 g/mol. The molecule has 1 fully saturated rings. The summed E-state index contributed by atoms with van der Waals surface area (Å²) in [6.07, 6.45) is 3.84. The highest BCUT2D eigenvalue weighted by atomic mass is 127. The minimum atomic E-state index is 0. The lowest BCUT2D eigenvalue weighted by Gasteiger charge is -2.39. The van der Waals surface area contributed by atoms with Crippen LogP contribution in [0.5, 0.6) is 0 Å². The number of hydrogen-bond acceptors (Lipinski definition) is 3. The molecule has 0 bridgehead atoms. The molecule has 0 atom stereocenters. The highest BCUT2D eigenvalue weighted by Gasteiger charge is 2.35. The first-order valence-corrected chi connectivity index (χ1v) is 9.22. The zero-order valence-corrected chi connectivity index (χ0v) is 18.4. The summed E-state index contributed by atoms with van der Waals surface area (Å²) in [6.45, 7) is 5.29. The second-order valence-electron chi connectivity index (χ2n) is 6.81. The van der Waals surface area contributed by atoms with E-state index >= 15 is 0 Å². The van der Waals surface area contributed by atoms with Gasteiger partial charge in [0.05, 0.1) is 12.2 Å². The summed E-state index contributed by atoms with van der Waals surface area (Å²) in [7, 11) is 1.80. The number of benzene rings is 1. The van der Waals surface area contributed by atoms with E-state index in [4.69, 9.17) is 4.74 Å². The SMILES string of the molecule is CN=C(NCc1ccccn1)NCC1(c2ccccc2C)CCOCC1.I. The fourth-order valence-corrected chi connectivity index (χ4v) is 3.62. The molecule has 1 saturated heterocycles. The molecular weight excluding hydrogens is 451 g/mol. The number of halogens is 1.